The number of aryl methyl sites for hydroxylation is 1. The molecule has 2 aromatic rings. The molecule has 7 amide bonds. The van der Waals surface area contributed by atoms with E-state index in [1.165, 1.54) is 28.9 Å². The van der Waals surface area contributed by atoms with Gasteiger partial charge in [-0.15, -0.1) is 0 Å². The summed E-state index contributed by atoms with van der Waals surface area (Å²) in [5, 5.41) is 21.6. The van der Waals surface area contributed by atoms with Crippen LogP contribution in [-0.2, 0) is 39.9 Å². The molecule has 19 heteroatoms. The number of ketones is 1. The standard InChI is InChI=1S/C46H62ClFN8O9/c1-26-10-9-11-30(18-26)19-35(51-45(64)50-34-14-13-31(47)20-33(34)48)40(59)52-39(29(4)57)44(63)55-25-32(65-17-16-53(5)6)21-37(55)43(62)54-15-8-7-12-36(54)41(60)49-28(3)42(61)56-24-27(2)22-46(56)23-38(46)58/h9-11,13-14,18,20,27-29,32,35-37,39,57H,7-8,12,15-17,19,21-25H2,1-6H3,(H,49,60)(H,52,59)(H2,50,51,64)/t27-,28+,29+,32-,35+,36+,37+,39+,46+/m1/s1. The lowest BCUT2D eigenvalue weighted by Gasteiger charge is -2.39. The van der Waals surface area contributed by atoms with Crippen LogP contribution in [-0.4, -0.2) is 161 Å². The normalized spacial score (nSPS) is 24.6. The number of carbonyl (C=O) groups excluding carboxylic acids is 7. The number of carbonyl (C=O) groups is 7. The highest BCUT2D eigenvalue weighted by Crippen LogP contribution is 2.48. The lowest BCUT2D eigenvalue weighted by Crippen LogP contribution is -2.62. The first-order valence-corrected chi connectivity index (χ1v) is 22.7. The van der Waals surface area contributed by atoms with Gasteiger partial charge in [-0.1, -0.05) is 48.4 Å². The SMILES string of the molecule is Cc1cccc(C[C@H](NC(=O)Nc2ccc(Cl)cc2F)C(=O)N[C@H](C(=O)N2C[C@H](OCCN(C)C)C[C@H]2C(=O)N2CCCC[C@H]2C(=O)N[C@@H](C)C(=O)N2C[C@H](C)C[C@@]23CC3=O)[C@H](C)O)c1. The Labute approximate surface area is 384 Å². The van der Waals surface area contributed by atoms with E-state index in [0.717, 1.165) is 11.6 Å². The second kappa shape index (κ2) is 21.0. The van der Waals surface area contributed by atoms with Crippen molar-refractivity contribution in [3.8, 4) is 0 Å². The Hall–Kier alpha value is -5.17. The number of anilines is 1. The molecule has 0 radical (unpaired) electrons. The van der Waals surface area contributed by atoms with Crippen molar-refractivity contribution in [3.05, 3.63) is 64.4 Å². The second-order valence-corrected chi connectivity index (χ2v) is 18.8. The number of likely N-dealkylation sites (tertiary alicyclic amines) is 3. The summed E-state index contributed by atoms with van der Waals surface area (Å²) in [5.74, 6) is -3.67. The van der Waals surface area contributed by atoms with E-state index in [2.05, 4.69) is 21.3 Å². The number of aliphatic hydroxyl groups is 1. The van der Waals surface area contributed by atoms with Crippen LogP contribution in [0.5, 0.6) is 0 Å². The molecule has 65 heavy (non-hydrogen) atoms. The van der Waals surface area contributed by atoms with E-state index < -0.39 is 83.4 Å². The summed E-state index contributed by atoms with van der Waals surface area (Å²) in [6.07, 6.45) is 0.361. The largest absolute Gasteiger partial charge is 0.391 e. The summed E-state index contributed by atoms with van der Waals surface area (Å²) in [4.78, 5) is 103. The number of nitrogens with zero attached hydrogens (tertiary/aromatic N) is 4. The van der Waals surface area contributed by atoms with Gasteiger partial charge >= 0.3 is 6.03 Å². The van der Waals surface area contributed by atoms with Crippen molar-refractivity contribution in [3.63, 3.8) is 0 Å². The third-order valence-corrected chi connectivity index (χ3v) is 13.0. The highest BCUT2D eigenvalue weighted by molar-refractivity contribution is 6.30. The number of halogens is 2. The number of nitrogens with one attached hydrogen (secondary N) is 4. The number of aliphatic hydroxyl groups excluding tert-OH is 1. The summed E-state index contributed by atoms with van der Waals surface area (Å²) < 4.78 is 20.8. The smallest absolute Gasteiger partial charge is 0.319 e. The Morgan fingerprint density at radius 3 is 2.38 bits per heavy atom. The molecule has 1 aliphatic carbocycles. The van der Waals surface area contributed by atoms with Crippen molar-refractivity contribution >= 4 is 58.6 Å². The zero-order valence-corrected chi connectivity index (χ0v) is 38.7. The maximum absolute atomic E-state index is 14.8. The van der Waals surface area contributed by atoms with Gasteiger partial charge in [-0.05, 0) is 90.2 Å². The van der Waals surface area contributed by atoms with Crippen LogP contribution >= 0.6 is 11.6 Å². The van der Waals surface area contributed by atoms with E-state index in [-0.39, 0.29) is 60.9 Å². The van der Waals surface area contributed by atoms with Gasteiger partial charge < -0.3 is 50.7 Å². The molecule has 0 unspecified atom stereocenters. The zero-order valence-electron chi connectivity index (χ0n) is 37.9. The van der Waals surface area contributed by atoms with Crippen LogP contribution in [0.2, 0.25) is 5.02 Å². The first-order valence-electron chi connectivity index (χ1n) is 22.4. The highest BCUT2D eigenvalue weighted by Gasteiger charge is 2.63. The molecule has 2 aromatic carbocycles. The molecular formula is C46H62ClFN8O9. The number of rotatable bonds is 16. The summed E-state index contributed by atoms with van der Waals surface area (Å²) in [5.41, 5.74) is 0.567. The molecule has 9 atom stereocenters. The zero-order chi connectivity index (χ0) is 47.3. The quantitative estimate of drug-likeness (QED) is 0.166. The molecule has 354 valence electrons. The van der Waals surface area contributed by atoms with Gasteiger partial charge in [0.15, 0.2) is 5.78 Å². The number of ether oxygens (including phenoxy) is 1. The molecule has 5 N–H and O–H groups in total. The molecule has 4 aliphatic rings. The summed E-state index contributed by atoms with van der Waals surface area (Å²) in [7, 11) is 3.75. The number of piperidine rings is 1. The van der Waals surface area contributed by atoms with Gasteiger partial charge in [0, 0.05) is 50.5 Å². The number of likely N-dealkylation sites (N-methyl/N-ethyl adjacent to an activating group) is 1. The Balaban J connectivity index is 1.20. The van der Waals surface area contributed by atoms with E-state index in [9.17, 15) is 43.1 Å². The minimum absolute atomic E-state index is 0.0176. The van der Waals surface area contributed by atoms with E-state index in [4.69, 9.17) is 16.3 Å². The minimum atomic E-state index is -1.60. The third kappa shape index (κ3) is 11.8. The van der Waals surface area contributed by atoms with Crippen LogP contribution in [0.3, 0.4) is 0 Å². The van der Waals surface area contributed by atoms with Crippen LogP contribution in [0.1, 0.15) is 70.4 Å². The Morgan fingerprint density at radius 1 is 0.985 bits per heavy atom. The van der Waals surface area contributed by atoms with Crippen molar-refractivity contribution in [2.24, 2.45) is 5.92 Å². The van der Waals surface area contributed by atoms with Gasteiger partial charge in [-0.25, -0.2) is 9.18 Å². The number of hydrogen-bond acceptors (Lipinski definition) is 10. The molecule has 0 aromatic heterocycles. The van der Waals surface area contributed by atoms with Crippen LogP contribution in [0.4, 0.5) is 14.9 Å². The fourth-order valence-corrected chi connectivity index (χ4v) is 9.43. The van der Waals surface area contributed by atoms with Crippen molar-refractivity contribution in [1.29, 1.82) is 0 Å². The maximum Gasteiger partial charge on any atom is 0.319 e. The van der Waals surface area contributed by atoms with E-state index >= 15 is 0 Å². The Bertz CT molecular complexity index is 2140. The van der Waals surface area contributed by atoms with Gasteiger partial charge in [0.1, 0.15) is 41.6 Å². The average Bonchev–Trinajstić information content (AvgIpc) is 3.52. The Morgan fingerprint density at radius 2 is 1.72 bits per heavy atom. The van der Waals surface area contributed by atoms with E-state index in [0.29, 0.717) is 50.8 Å². The monoisotopic (exact) mass is 924 g/mol. The van der Waals surface area contributed by atoms with Gasteiger partial charge in [-0.2, -0.15) is 0 Å². The lowest BCUT2D eigenvalue weighted by atomic mass is 9.98. The minimum Gasteiger partial charge on any atom is -0.391 e. The first kappa shape index (κ1) is 49.3. The molecular weight excluding hydrogens is 863 g/mol. The van der Waals surface area contributed by atoms with Crippen molar-refractivity contribution in [2.75, 3.05) is 52.2 Å². The molecule has 6 rings (SSSR count). The molecule has 0 bridgehead atoms. The summed E-state index contributed by atoms with van der Waals surface area (Å²) in [6.45, 7) is 8.13. The van der Waals surface area contributed by atoms with Crippen LogP contribution < -0.4 is 21.3 Å². The van der Waals surface area contributed by atoms with E-state index in [1.54, 1.807) is 24.0 Å². The van der Waals surface area contributed by atoms with E-state index in [1.807, 2.05) is 45.0 Å². The van der Waals surface area contributed by atoms with Crippen molar-refractivity contribution < 1.29 is 47.8 Å². The molecule has 3 aliphatic heterocycles. The predicted molar refractivity (Wildman–Crippen MR) is 239 cm³/mol. The summed E-state index contributed by atoms with van der Waals surface area (Å²) >= 11 is 5.88. The van der Waals surface area contributed by atoms with Crippen LogP contribution in [0, 0.1) is 18.7 Å². The molecule has 3 saturated heterocycles. The fourth-order valence-electron chi connectivity index (χ4n) is 9.27. The fraction of sp³-hybridized carbons (Fsp3) is 0.587. The molecule has 17 nitrogen and oxygen atoms in total. The van der Waals surface area contributed by atoms with Gasteiger partial charge in [0.2, 0.25) is 29.5 Å². The molecule has 1 saturated carbocycles. The van der Waals surface area contributed by atoms with Gasteiger partial charge in [0.25, 0.3) is 0 Å². The molecule has 4 fully saturated rings. The van der Waals surface area contributed by atoms with Gasteiger partial charge in [0.05, 0.1) is 24.5 Å². The maximum atomic E-state index is 14.8. The molecule has 1 spiro atoms. The summed E-state index contributed by atoms with van der Waals surface area (Å²) in [6, 6.07) is 3.98. The number of benzene rings is 2. The van der Waals surface area contributed by atoms with Crippen LogP contribution in [0.15, 0.2) is 42.5 Å². The topological polar surface area (TPSA) is 210 Å². The first-order chi connectivity index (χ1) is 30.8. The predicted octanol–water partition coefficient (Wildman–Crippen LogP) is 2.40. The number of urea groups is 1. The Kier molecular flexibility index (Phi) is 15.9. The average molecular weight is 925 g/mol. The number of hydrogen-bond donors (Lipinski definition) is 5. The van der Waals surface area contributed by atoms with Crippen molar-refractivity contribution in [1.82, 2.24) is 35.6 Å². The number of amides is 7. The third-order valence-electron chi connectivity index (χ3n) is 12.7. The number of Topliss-reactive ketones (excluding diaryl/α,β-unsaturated/α-hetero) is 1. The second-order valence-electron chi connectivity index (χ2n) is 18.4. The lowest BCUT2D eigenvalue weighted by molar-refractivity contribution is -0.152. The molecule has 3 heterocycles. The van der Waals surface area contributed by atoms with Crippen molar-refractivity contribution in [2.45, 2.75) is 121 Å². The van der Waals surface area contributed by atoms with Gasteiger partial charge in [-0.3, -0.25) is 28.8 Å². The van der Waals surface area contributed by atoms with Crippen LogP contribution in [0.25, 0.3) is 0 Å². The highest BCUT2D eigenvalue weighted by atomic mass is 35.5.